The highest BCUT2D eigenvalue weighted by atomic mass is 28.3. The summed E-state index contributed by atoms with van der Waals surface area (Å²) in [6, 6.07) is 0. The van der Waals surface area contributed by atoms with Gasteiger partial charge in [0.05, 0.1) is 8.07 Å². The smallest absolute Gasteiger partial charge is 0.142 e. The van der Waals surface area contributed by atoms with Crippen molar-refractivity contribution in [3.63, 3.8) is 0 Å². The Morgan fingerprint density at radius 1 is 1.26 bits per heavy atom. The van der Waals surface area contributed by atoms with Crippen molar-refractivity contribution < 1.29 is 4.79 Å². The average Bonchev–Trinajstić information content (AvgIpc) is 2.24. The SMILES string of the molecule is CC1=C(/C=C/C(=C\C=O)[Si](C)(C)C)C(C)(C)CCC1. The molecule has 0 saturated carbocycles. The Morgan fingerprint density at radius 3 is 2.37 bits per heavy atom. The zero-order valence-corrected chi connectivity index (χ0v) is 14.3. The number of carbonyl (C=O) groups is 1. The summed E-state index contributed by atoms with van der Waals surface area (Å²) in [6.45, 7) is 13.7. The van der Waals surface area contributed by atoms with Crippen LogP contribution in [0, 0.1) is 5.41 Å². The summed E-state index contributed by atoms with van der Waals surface area (Å²) in [6.07, 6.45) is 10.9. The Morgan fingerprint density at radius 2 is 1.89 bits per heavy atom. The quantitative estimate of drug-likeness (QED) is 0.303. The molecule has 1 aliphatic carbocycles. The lowest BCUT2D eigenvalue weighted by atomic mass is 9.72. The van der Waals surface area contributed by atoms with Crippen LogP contribution < -0.4 is 0 Å². The second-order valence-electron chi connectivity index (χ2n) is 7.27. The summed E-state index contributed by atoms with van der Waals surface area (Å²) in [5.74, 6) is 0. The molecule has 1 rings (SSSR count). The van der Waals surface area contributed by atoms with Crippen LogP contribution in [0.15, 0.2) is 34.6 Å². The van der Waals surface area contributed by atoms with Crippen LogP contribution in [0.1, 0.15) is 40.0 Å². The number of hydrogen-bond acceptors (Lipinski definition) is 1. The highest BCUT2D eigenvalue weighted by Crippen LogP contribution is 2.40. The highest BCUT2D eigenvalue weighted by molar-refractivity contribution is 6.83. The molecule has 106 valence electrons. The van der Waals surface area contributed by atoms with E-state index in [1.54, 1.807) is 6.08 Å². The Labute approximate surface area is 119 Å². The predicted octanol–water partition coefficient (Wildman–Crippen LogP) is 5.07. The zero-order chi connectivity index (χ0) is 14.7. The number of carbonyl (C=O) groups excluding carboxylic acids is 1. The van der Waals surface area contributed by atoms with Crippen LogP contribution in [0.25, 0.3) is 0 Å². The summed E-state index contributed by atoms with van der Waals surface area (Å²) in [5.41, 5.74) is 3.24. The summed E-state index contributed by atoms with van der Waals surface area (Å²) >= 11 is 0. The fraction of sp³-hybridized carbons (Fsp3) is 0.588. The van der Waals surface area contributed by atoms with E-state index in [-0.39, 0.29) is 5.41 Å². The van der Waals surface area contributed by atoms with Crippen molar-refractivity contribution in [1.29, 1.82) is 0 Å². The van der Waals surface area contributed by atoms with E-state index in [4.69, 9.17) is 0 Å². The summed E-state index contributed by atoms with van der Waals surface area (Å²) in [4.78, 5) is 10.8. The molecule has 2 heteroatoms. The van der Waals surface area contributed by atoms with Gasteiger partial charge in [0.25, 0.3) is 0 Å². The van der Waals surface area contributed by atoms with E-state index in [2.05, 4.69) is 52.6 Å². The molecule has 0 spiro atoms. The predicted molar refractivity (Wildman–Crippen MR) is 87.0 cm³/mol. The van der Waals surface area contributed by atoms with Gasteiger partial charge in [0, 0.05) is 0 Å². The van der Waals surface area contributed by atoms with Crippen LogP contribution in [0.5, 0.6) is 0 Å². The summed E-state index contributed by atoms with van der Waals surface area (Å²) in [7, 11) is -1.44. The van der Waals surface area contributed by atoms with Gasteiger partial charge in [0.1, 0.15) is 6.29 Å². The fourth-order valence-electron chi connectivity index (χ4n) is 2.81. The van der Waals surface area contributed by atoms with Gasteiger partial charge >= 0.3 is 0 Å². The Balaban J connectivity index is 3.09. The number of aldehydes is 1. The molecule has 0 radical (unpaired) electrons. The van der Waals surface area contributed by atoms with Crippen molar-refractivity contribution in [2.75, 3.05) is 0 Å². The molecule has 0 fully saturated rings. The molecule has 0 atom stereocenters. The van der Waals surface area contributed by atoms with E-state index in [1.807, 2.05) is 0 Å². The minimum atomic E-state index is -1.44. The van der Waals surface area contributed by atoms with Gasteiger partial charge in [-0.05, 0) is 43.3 Å². The van der Waals surface area contributed by atoms with Crippen LogP contribution in [0.4, 0.5) is 0 Å². The largest absolute Gasteiger partial charge is 0.299 e. The van der Waals surface area contributed by atoms with Crippen LogP contribution >= 0.6 is 0 Å². The number of hydrogen-bond donors (Lipinski definition) is 0. The molecular weight excluding hydrogens is 248 g/mol. The standard InChI is InChI=1S/C17H28OSi/c1-14-8-7-12-17(2,3)16(14)10-9-15(11-13-18)19(4,5)6/h9-11,13H,7-8,12H2,1-6H3/b10-9+,15-11+. The second-order valence-corrected chi connectivity index (χ2v) is 12.4. The third-order valence-electron chi connectivity index (χ3n) is 4.09. The minimum Gasteiger partial charge on any atom is -0.299 e. The molecule has 0 heterocycles. The Kier molecular flexibility index (Phi) is 5.14. The number of rotatable bonds is 4. The normalized spacial score (nSPS) is 21.1. The maximum Gasteiger partial charge on any atom is 0.142 e. The molecule has 0 saturated heterocycles. The van der Waals surface area contributed by atoms with Crippen molar-refractivity contribution in [3.05, 3.63) is 34.6 Å². The van der Waals surface area contributed by atoms with E-state index < -0.39 is 8.07 Å². The Hall–Kier alpha value is -0.893. The van der Waals surface area contributed by atoms with Gasteiger partial charge < -0.3 is 0 Å². The monoisotopic (exact) mass is 276 g/mol. The highest BCUT2D eigenvalue weighted by Gasteiger charge is 2.27. The number of allylic oxidation sites excluding steroid dienone is 6. The first-order chi connectivity index (χ1) is 8.68. The molecule has 0 aromatic rings. The molecule has 0 bridgehead atoms. The van der Waals surface area contributed by atoms with Crippen LogP contribution in [-0.4, -0.2) is 14.4 Å². The van der Waals surface area contributed by atoms with Crippen molar-refractivity contribution >= 4 is 14.4 Å². The van der Waals surface area contributed by atoms with E-state index in [1.165, 1.54) is 35.6 Å². The van der Waals surface area contributed by atoms with Crippen LogP contribution in [-0.2, 0) is 4.79 Å². The first kappa shape index (κ1) is 16.2. The van der Waals surface area contributed by atoms with Gasteiger partial charge in [-0.3, -0.25) is 4.79 Å². The van der Waals surface area contributed by atoms with E-state index in [0.29, 0.717) is 0 Å². The molecule has 0 N–H and O–H groups in total. The van der Waals surface area contributed by atoms with Gasteiger partial charge in [0.2, 0.25) is 0 Å². The molecular formula is C17H28OSi. The van der Waals surface area contributed by atoms with E-state index in [0.717, 1.165) is 6.29 Å². The van der Waals surface area contributed by atoms with Crippen molar-refractivity contribution in [2.24, 2.45) is 5.41 Å². The lowest BCUT2D eigenvalue weighted by Crippen LogP contribution is -2.23. The van der Waals surface area contributed by atoms with Crippen molar-refractivity contribution in [2.45, 2.75) is 59.7 Å². The molecule has 1 aliphatic rings. The van der Waals surface area contributed by atoms with E-state index in [9.17, 15) is 4.79 Å². The van der Waals surface area contributed by atoms with Gasteiger partial charge in [-0.15, -0.1) is 0 Å². The zero-order valence-electron chi connectivity index (χ0n) is 13.3. The van der Waals surface area contributed by atoms with E-state index >= 15 is 0 Å². The third-order valence-corrected chi connectivity index (χ3v) is 6.15. The first-order valence-electron chi connectivity index (χ1n) is 7.23. The van der Waals surface area contributed by atoms with Crippen LogP contribution in [0.3, 0.4) is 0 Å². The maximum atomic E-state index is 10.8. The maximum absolute atomic E-state index is 10.8. The molecule has 1 nitrogen and oxygen atoms in total. The molecule has 0 amide bonds. The molecule has 19 heavy (non-hydrogen) atoms. The summed E-state index contributed by atoms with van der Waals surface area (Å²) < 4.78 is 0. The second kappa shape index (κ2) is 6.04. The van der Waals surface area contributed by atoms with Gasteiger partial charge in [-0.1, -0.05) is 56.4 Å². The Bertz CT molecular complexity index is 431. The molecule has 0 unspecified atom stereocenters. The fourth-order valence-corrected chi connectivity index (χ4v) is 3.96. The lowest BCUT2D eigenvalue weighted by Gasteiger charge is -2.33. The lowest BCUT2D eigenvalue weighted by molar-refractivity contribution is -0.104. The van der Waals surface area contributed by atoms with Gasteiger partial charge in [0.15, 0.2) is 0 Å². The third kappa shape index (κ3) is 4.31. The van der Waals surface area contributed by atoms with Gasteiger partial charge in [-0.25, -0.2) is 0 Å². The van der Waals surface area contributed by atoms with Crippen molar-refractivity contribution in [3.8, 4) is 0 Å². The van der Waals surface area contributed by atoms with Crippen LogP contribution in [0.2, 0.25) is 19.6 Å². The summed E-state index contributed by atoms with van der Waals surface area (Å²) in [5, 5.41) is 1.23. The molecule has 0 aliphatic heterocycles. The molecule has 0 aromatic heterocycles. The first-order valence-corrected chi connectivity index (χ1v) is 10.7. The average molecular weight is 276 g/mol. The van der Waals surface area contributed by atoms with Gasteiger partial charge in [-0.2, -0.15) is 0 Å². The minimum absolute atomic E-state index is 0.268. The topological polar surface area (TPSA) is 17.1 Å². The molecule has 0 aromatic carbocycles. The van der Waals surface area contributed by atoms with Crippen molar-refractivity contribution in [1.82, 2.24) is 0 Å².